The number of furan rings is 1. The van der Waals surface area contributed by atoms with Crippen LogP contribution in [-0.2, 0) is 16.9 Å². The molecule has 0 bridgehead atoms. The van der Waals surface area contributed by atoms with Gasteiger partial charge in [0.25, 0.3) is 0 Å². The number of hydrogen-bond acceptors (Lipinski definition) is 5. The van der Waals surface area contributed by atoms with Crippen LogP contribution in [0.1, 0.15) is 28.8 Å². The number of carbonyl (C=O) groups is 1. The fraction of sp³-hybridized carbons (Fsp3) is 0.250. The molecule has 0 spiro atoms. The predicted molar refractivity (Wildman–Crippen MR) is 91.1 cm³/mol. The first-order valence-electron chi connectivity index (χ1n) is 6.69. The Bertz CT molecular complexity index is 613. The molecule has 1 aromatic carbocycles. The smallest absolute Gasteiger partial charge is 0.374 e. The second kappa shape index (κ2) is 9.33. The molecule has 2 rings (SSSR count). The second-order valence-corrected chi connectivity index (χ2v) is 5.43. The van der Waals surface area contributed by atoms with Crippen LogP contribution in [-0.4, -0.2) is 17.6 Å². The van der Waals surface area contributed by atoms with Crippen molar-refractivity contribution in [3.05, 3.63) is 59.5 Å². The maximum atomic E-state index is 11.5. The highest BCUT2D eigenvalue weighted by Crippen LogP contribution is 2.17. The lowest BCUT2D eigenvalue weighted by molar-refractivity contribution is 0.0488. The average Bonchev–Trinajstić information content (AvgIpc) is 2.95. The number of rotatable bonds is 6. The largest absolute Gasteiger partial charge is 0.460 e. The van der Waals surface area contributed by atoms with Crippen LogP contribution in [0.2, 0.25) is 0 Å². The molecule has 0 aliphatic heterocycles. The molecule has 0 aliphatic rings. The normalized spacial score (nSPS) is 9.86. The molecular formula is C16H18ClNO3S. The lowest BCUT2D eigenvalue weighted by Crippen LogP contribution is -2.03. The zero-order chi connectivity index (χ0) is 15.1. The lowest BCUT2D eigenvalue weighted by atomic mass is 10.2. The van der Waals surface area contributed by atoms with E-state index in [2.05, 4.69) is 0 Å². The molecule has 0 saturated carbocycles. The van der Waals surface area contributed by atoms with E-state index in [1.54, 1.807) is 19.1 Å². The van der Waals surface area contributed by atoms with Crippen LogP contribution < -0.4 is 0 Å². The fourth-order valence-corrected chi connectivity index (χ4v) is 2.52. The molecule has 0 saturated heterocycles. The van der Waals surface area contributed by atoms with E-state index >= 15 is 0 Å². The van der Waals surface area contributed by atoms with E-state index in [1.165, 1.54) is 17.3 Å². The summed E-state index contributed by atoms with van der Waals surface area (Å²) < 4.78 is 10.3. The molecule has 1 heterocycles. The van der Waals surface area contributed by atoms with E-state index in [0.717, 1.165) is 5.75 Å². The monoisotopic (exact) mass is 339 g/mol. The Balaban J connectivity index is 0.00000242. The van der Waals surface area contributed by atoms with E-state index in [0.29, 0.717) is 23.8 Å². The van der Waals surface area contributed by atoms with Gasteiger partial charge < -0.3 is 9.15 Å². The minimum atomic E-state index is -0.466. The molecule has 118 valence electrons. The molecule has 6 heteroatoms. The number of ether oxygens (including phenoxy) is 1. The number of halogens is 1. The highest BCUT2D eigenvalue weighted by Gasteiger charge is 2.13. The SMILES string of the molecule is CCOC(=O)c1ccc(CC(=N)SCc2ccccc2)o1.Cl. The van der Waals surface area contributed by atoms with Crippen LogP contribution in [0.4, 0.5) is 0 Å². The van der Waals surface area contributed by atoms with Crippen molar-refractivity contribution in [2.45, 2.75) is 19.1 Å². The summed E-state index contributed by atoms with van der Waals surface area (Å²) in [7, 11) is 0. The van der Waals surface area contributed by atoms with Crippen molar-refractivity contribution in [2.24, 2.45) is 0 Å². The van der Waals surface area contributed by atoms with Crippen molar-refractivity contribution in [1.82, 2.24) is 0 Å². The fourth-order valence-electron chi connectivity index (χ4n) is 1.74. The number of thioether (sulfide) groups is 1. The van der Waals surface area contributed by atoms with Gasteiger partial charge in [0.15, 0.2) is 0 Å². The molecule has 2 aromatic rings. The standard InChI is InChI=1S/C16H17NO3S.ClH/c1-2-19-16(18)14-9-8-13(20-14)10-15(17)21-11-12-6-4-3-5-7-12;/h3-9,17H,2,10-11H2,1H3;1H. The van der Waals surface area contributed by atoms with E-state index in [9.17, 15) is 4.79 Å². The van der Waals surface area contributed by atoms with Crippen molar-refractivity contribution in [1.29, 1.82) is 5.41 Å². The zero-order valence-corrected chi connectivity index (χ0v) is 13.8. The lowest BCUT2D eigenvalue weighted by Gasteiger charge is -2.02. The number of benzene rings is 1. The van der Waals surface area contributed by atoms with E-state index in [-0.39, 0.29) is 18.2 Å². The Labute approximate surface area is 140 Å². The van der Waals surface area contributed by atoms with E-state index in [1.807, 2.05) is 30.3 Å². The summed E-state index contributed by atoms with van der Waals surface area (Å²) in [5.41, 5.74) is 1.18. The summed E-state index contributed by atoms with van der Waals surface area (Å²) in [5, 5.41) is 8.46. The van der Waals surface area contributed by atoms with Gasteiger partial charge in [0.1, 0.15) is 5.76 Å². The van der Waals surface area contributed by atoms with E-state index in [4.69, 9.17) is 14.6 Å². The van der Waals surface area contributed by atoms with Gasteiger partial charge in [-0.2, -0.15) is 0 Å². The number of carbonyl (C=O) groups excluding carboxylic acids is 1. The Hall–Kier alpha value is -1.72. The van der Waals surface area contributed by atoms with Gasteiger partial charge in [-0.1, -0.05) is 30.3 Å². The third kappa shape index (κ3) is 5.58. The maximum Gasteiger partial charge on any atom is 0.374 e. The highest BCUT2D eigenvalue weighted by atomic mass is 35.5. The van der Waals surface area contributed by atoms with Gasteiger partial charge in [-0.3, -0.25) is 5.41 Å². The summed E-state index contributed by atoms with van der Waals surface area (Å²) in [5.74, 6) is 1.08. The van der Waals surface area contributed by atoms with Crippen molar-refractivity contribution in [3.8, 4) is 0 Å². The minimum absolute atomic E-state index is 0. The quantitative estimate of drug-likeness (QED) is 0.483. The van der Waals surface area contributed by atoms with Gasteiger partial charge >= 0.3 is 5.97 Å². The number of nitrogens with one attached hydrogen (secondary N) is 1. The topological polar surface area (TPSA) is 63.3 Å². The molecule has 0 unspecified atom stereocenters. The molecule has 22 heavy (non-hydrogen) atoms. The van der Waals surface area contributed by atoms with Crippen molar-refractivity contribution in [3.63, 3.8) is 0 Å². The third-order valence-electron chi connectivity index (χ3n) is 2.73. The van der Waals surface area contributed by atoms with Crippen molar-refractivity contribution in [2.75, 3.05) is 6.61 Å². The summed E-state index contributed by atoms with van der Waals surface area (Å²) >= 11 is 1.46. The molecule has 0 amide bonds. The van der Waals surface area contributed by atoms with Gasteiger partial charge in [-0.15, -0.1) is 24.2 Å². The highest BCUT2D eigenvalue weighted by molar-refractivity contribution is 8.13. The Morgan fingerprint density at radius 2 is 1.95 bits per heavy atom. The number of esters is 1. The molecular weight excluding hydrogens is 322 g/mol. The van der Waals surface area contributed by atoms with Gasteiger partial charge in [-0.25, -0.2) is 4.79 Å². The van der Waals surface area contributed by atoms with Crippen LogP contribution in [0.3, 0.4) is 0 Å². The average molecular weight is 340 g/mol. The summed E-state index contributed by atoms with van der Waals surface area (Å²) in [6.45, 7) is 2.06. The molecule has 4 nitrogen and oxygen atoms in total. The van der Waals surface area contributed by atoms with Gasteiger partial charge in [0.2, 0.25) is 5.76 Å². The molecule has 1 aromatic heterocycles. The van der Waals surface area contributed by atoms with Crippen LogP contribution in [0.5, 0.6) is 0 Å². The van der Waals surface area contributed by atoms with Crippen molar-refractivity contribution < 1.29 is 13.9 Å². The van der Waals surface area contributed by atoms with Crippen LogP contribution >= 0.6 is 24.2 Å². The van der Waals surface area contributed by atoms with Crippen LogP contribution in [0.25, 0.3) is 0 Å². The first kappa shape index (κ1) is 18.3. The van der Waals surface area contributed by atoms with E-state index < -0.39 is 5.97 Å². The Morgan fingerprint density at radius 3 is 2.64 bits per heavy atom. The zero-order valence-electron chi connectivity index (χ0n) is 12.2. The van der Waals surface area contributed by atoms with Crippen LogP contribution in [0, 0.1) is 5.41 Å². The first-order chi connectivity index (χ1) is 10.2. The number of hydrogen-bond donors (Lipinski definition) is 1. The molecule has 0 atom stereocenters. The summed E-state index contributed by atoms with van der Waals surface area (Å²) in [6, 6.07) is 13.3. The third-order valence-corrected chi connectivity index (χ3v) is 3.70. The molecule has 0 fully saturated rings. The summed E-state index contributed by atoms with van der Waals surface area (Å²) in [6.07, 6.45) is 0.386. The first-order valence-corrected chi connectivity index (χ1v) is 7.67. The van der Waals surface area contributed by atoms with Gasteiger partial charge in [-0.05, 0) is 24.6 Å². The predicted octanol–water partition coefficient (Wildman–Crippen LogP) is 4.33. The molecule has 0 aliphatic carbocycles. The molecule has 0 radical (unpaired) electrons. The Morgan fingerprint density at radius 1 is 1.23 bits per heavy atom. The summed E-state index contributed by atoms with van der Waals surface area (Å²) in [4.78, 5) is 11.5. The van der Waals surface area contributed by atoms with Crippen LogP contribution in [0.15, 0.2) is 46.9 Å². The molecule has 1 N–H and O–H groups in total. The maximum absolute atomic E-state index is 11.5. The van der Waals surface area contributed by atoms with Crippen molar-refractivity contribution >= 4 is 35.2 Å². The minimum Gasteiger partial charge on any atom is -0.460 e. The second-order valence-electron chi connectivity index (χ2n) is 4.36. The van der Waals surface area contributed by atoms with Gasteiger partial charge in [0, 0.05) is 5.75 Å². The Kier molecular flexibility index (Phi) is 7.77. The van der Waals surface area contributed by atoms with Gasteiger partial charge in [0.05, 0.1) is 18.1 Å².